The number of nitrogens with two attached hydrogens (primary N) is 1. The maximum Gasteiger partial charge on any atom is 0.326 e. The second-order valence-corrected chi connectivity index (χ2v) is 5.44. The second kappa shape index (κ2) is 8.46. The van der Waals surface area contributed by atoms with Crippen molar-refractivity contribution in [1.82, 2.24) is 15.5 Å². The Morgan fingerprint density at radius 3 is 2.33 bits per heavy atom. The molecule has 8 nitrogen and oxygen atoms in total. The summed E-state index contributed by atoms with van der Waals surface area (Å²) in [4.78, 5) is 35.7. The van der Waals surface area contributed by atoms with E-state index in [0.717, 1.165) is 19.6 Å². The molecule has 21 heavy (non-hydrogen) atoms. The van der Waals surface area contributed by atoms with Crippen molar-refractivity contribution in [1.29, 1.82) is 0 Å². The van der Waals surface area contributed by atoms with E-state index in [2.05, 4.69) is 15.5 Å². The molecule has 1 heterocycles. The summed E-state index contributed by atoms with van der Waals surface area (Å²) in [5.41, 5.74) is 4.95. The van der Waals surface area contributed by atoms with Crippen LogP contribution in [0.5, 0.6) is 0 Å². The van der Waals surface area contributed by atoms with Gasteiger partial charge in [-0.1, -0.05) is 6.42 Å². The summed E-state index contributed by atoms with van der Waals surface area (Å²) >= 11 is 0. The average molecular weight is 300 g/mol. The monoisotopic (exact) mass is 300 g/mol. The molecule has 0 aliphatic carbocycles. The van der Waals surface area contributed by atoms with Crippen LogP contribution in [0.2, 0.25) is 0 Å². The van der Waals surface area contributed by atoms with Gasteiger partial charge in [0.05, 0.1) is 6.42 Å². The number of primary amides is 1. The van der Waals surface area contributed by atoms with Gasteiger partial charge < -0.3 is 26.4 Å². The van der Waals surface area contributed by atoms with Gasteiger partial charge in [0.1, 0.15) is 6.04 Å². The van der Waals surface area contributed by atoms with Crippen LogP contribution in [0, 0.1) is 0 Å². The van der Waals surface area contributed by atoms with Crippen LogP contribution in [0.15, 0.2) is 0 Å². The first kappa shape index (κ1) is 17.2. The summed E-state index contributed by atoms with van der Waals surface area (Å²) in [6, 6.07) is -2.01. The Balaban J connectivity index is 2.36. The van der Waals surface area contributed by atoms with Crippen molar-refractivity contribution in [3.63, 3.8) is 0 Å². The highest BCUT2D eigenvalue weighted by Crippen LogP contribution is 2.08. The molecule has 5 N–H and O–H groups in total. The summed E-state index contributed by atoms with van der Waals surface area (Å²) in [6.45, 7) is 4.62. The van der Waals surface area contributed by atoms with E-state index in [-0.39, 0.29) is 6.04 Å². The minimum atomic E-state index is -1.30. The number of urea groups is 1. The maximum atomic E-state index is 11.7. The Labute approximate surface area is 124 Å². The van der Waals surface area contributed by atoms with Crippen LogP contribution < -0.4 is 16.4 Å². The number of carboxylic acids is 1. The SMILES string of the molecule is CC(CN1CCCCC1)NC(=O)NC(CC(N)=O)C(=O)O. The molecule has 1 rings (SSSR count). The fourth-order valence-electron chi connectivity index (χ4n) is 2.40. The van der Waals surface area contributed by atoms with Crippen molar-refractivity contribution in [3.05, 3.63) is 0 Å². The second-order valence-electron chi connectivity index (χ2n) is 5.44. The number of aliphatic carboxylic acids is 1. The molecule has 3 amide bonds. The number of carbonyl (C=O) groups is 3. The van der Waals surface area contributed by atoms with E-state index in [1.165, 1.54) is 19.3 Å². The molecule has 2 unspecified atom stereocenters. The highest BCUT2D eigenvalue weighted by molar-refractivity contribution is 5.87. The average Bonchev–Trinajstić information content (AvgIpc) is 2.38. The molecule has 0 bridgehead atoms. The van der Waals surface area contributed by atoms with E-state index in [4.69, 9.17) is 10.8 Å². The number of hydrogen-bond acceptors (Lipinski definition) is 4. The van der Waals surface area contributed by atoms with Crippen molar-refractivity contribution < 1.29 is 19.5 Å². The topological polar surface area (TPSA) is 125 Å². The smallest absolute Gasteiger partial charge is 0.326 e. The fraction of sp³-hybridized carbons (Fsp3) is 0.769. The molecule has 2 atom stereocenters. The first-order valence-electron chi connectivity index (χ1n) is 7.19. The highest BCUT2D eigenvalue weighted by Gasteiger charge is 2.23. The third-order valence-corrected chi connectivity index (χ3v) is 3.37. The lowest BCUT2D eigenvalue weighted by molar-refractivity contribution is -0.140. The Morgan fingerprint density at radius 1 is 1.19 bits per heavy atom. The van der Waals surface area contributed by atoms with Gasteiger partial charge >= 0.3 is 12.0 Å². The van der Waals surface area contributed by atoms with Crippen LogP contribution in [0.1, 0.15) is 32.6 Å². The number of likely N-dealkylation sites (tertiary alicyclic amines) is 1. The van der Waals surface area contributed by atoms with Crippen LogP contribution >= 0.6 is 0 Å². The molecule has 0 aromatic heterocycles. The molecule has 0 saturated carbocycles. The summed E-state index contributed by atoms with van der Waals surface area (Å²) in [5, 5.41) is 13.8. The van der Waals surface area contributed by atoms with E-state index in [9.17, 15) is 14.4 Å². The summed E-state index contributed by atoms with van der Waals surface area (Å²) < 4.78 is 0. The Bertz CT molecular complexity index is 382. The minimum Gasteiger partial charge on any atom is -0.480 e. The van der Waals surface area contributed by atoms with E-state index in [0.29, 0.717) is 0 Å². The predicted molar refractivity (Wildman–Crippen MR) is 76.7 cm³/mol. The number of nitrogens with one attached hydrogen (secondary N) is 2. The van der Waals surface area contributed by atoms with Gasteiger partial charge in [0.25, 0.3) is 0 Å². The number of piperidine rings is 1. The summed E-state index contributed by atoms with van der Waals surface area (Å²) in [6.07, 6.45) is 3.15. The molecule has 0 spiro atoms. The maximum absolute atomic E-state index is 11.7. The Kier molecular flexibility index (Phi) is 6.93. The zero-order valence-electron chi connectivity index (χ0n) is 12.3. The summed E-state index contributed by atoms with van der Waals surface area (Å²) in [7, 11) is 0. The number of hydrogen-bond donors (Lipinski definition) is 4. The number of nitrogens with zero attached hydrogens (tertiary/aromatic N) is 1. The van der Waals surface area contributed by atoms with Crippen molar-refractivity contribution in [2.45, 2.75) is 44.7 Å². The first-order chi connectivity index (χ1) is 9.88. The first-order valence-corrected chi connectivity index (χ1v) is 7.19. The van der Waals surface area contributed by atoms with Gasteiger partial charge in [0.15, 0.2) is 0 Å². The normalized spacial score (nSPS) is 18.5. The lowest BCUT2D eigenvalue weighted by Crippen LogP contribution is -2.52. The number of carboxylic acid groups (broad SMARTS) is 1. The van der Waals surface area contributed by atoms with Gasteiger partial charge in [-0.05, 0) is 32.9 Å². The van der Waals surface area contributed by atoms with Gasteiger partial charge in [-0.15, -0.1) is 0 Å². The van der Waals surface area contributed by atoms with Crippen molar-refractivity contribution in [3.8, 4) is 0 Å². The van der Waals surface area contributed by atoms with Gasteiger partial charge in [0.2, 0.25) is 5.91 Å². The number of rotatable bonds is 7. The molecule has 8 heteroatoms. The van der Waals surface area contributed by atoms with E-state index < -0.39 is 30.4 Å². The van der Waals surface area contributed by atoms with Gasteiger partial charge in [0, 0.05) is 12.6 Å². The van der Waals surface area contributed by atoms with Crippen LogP contribution in [-0.2, 0) is 9.59 Å². The van der Waals surface area contributed by atoms with Crippen LogP contribution in [0.25, 0.3) is 0 Å². The molecule has 0 aromatic carbocycles. The van der Waals surface area contributed by atoms with Gasteiger partial charge in [-0.25, -0.2) is 9.59 Å². The standard InChI is InChI=1S/C13H24N4O4/c1-9(8-17-5-3-2-4-6-17)15-13(21)16-10(12(19)20)7-11(14)18/h9-10H,2-8H2,1H3,(H2,14,18)(H,19,20)(H2,15,16,21). The van der Waals surface area contributed by atoms with Crippen molar-refractivity contribution >= 4 is 17.9 Å². The van der Waals surface area contributed by atoms with E-state index in [1.54, 1.807) is 0 Å². The molecule has 120 valence electrons. The lowest BCUT2D eigenvalue weighted by atomic mass is 10.1. The molecule has 1 fully saturated rings. The van der Waals surface area contributed by atoms with Crippen molar-refractivity contribution in [2.24, 2.45) is 5.73 Å². The van der Waals surface area contributed by atoms with Crippen LogP contribution in [0.4, 0.5) is 4.79 Å². The highest BCUT2D eigenvalue weighted by atomic mass is 16.4. The molecule has 1 aliphatic heterocycles. The molecule has 0 radical (unpaired) electrons. The molecule has 0 aromatic rings. The minimum absolute atomic E-state index is 0.105. The number of carbonyl (C=O) groups excluding carboxylic acids is 2. The molecule has 1 aliphatic rings. The third-order valence-electron chi connectivity index (χ3n) is 3.37. The fourth-order valence-corrected chi connectivity index (χ4v) is 2.40. The summed E-state index contributed by atoms with van der Waals surface area (Å²) in [5.74, 6) is -2.06. The Morgan fingerprint density at radius 2 is 1.81 bits per heavy atom. The quantitative estimate of drug-likeness (QED) is 0.504. The largest absolute Gasteiger partial charge is 0.480 e. The van der Waals surface area contributed by atoms with Gasteiger partial charge in [-0.2, -0.15) is 0 Å². The predicted octanol–water partition coefficient (Wildman–Crippen LogP) is -0.511. The van der Waals surface area contributed by atoms with Crippen LogP contribution in [-0.4, -0.2) is 59.6 Å². The molecule has 1 saturated heterocycles. The molecular weight excluding hydrogens is 276 g/mol. The lowest BCUT2D eigenvalue weighted by Gasteiger charge is -2.29. The van der Waals surface area contributed by atoms with E-state index >= 15 is 0 Å². The number of amides is 3. The van der Waals surface area contributed by atoms with Crippen LogP contribution in [0.3, 0.4) is 0 Å². The third kappa shape index (κ3) is 6.94. The Hall–Kier alpha value is -1.83. The zero-order chi connectivity index (χ0) is 15.8. The van der Waals surface area contributed by atoms with Gasteiger partial charge in [-0.3, -0.25) is 4.79 Å². The van der Waals surface area contributed by atoms with Crippen molar-refractivity contribution in [2.75, 3.05) is 19.6 Å². The molecular formula is C13H24N4O4. The van der Waals surface area contributed by atoms with E-state index in [1.807, 2.05) is 6.92 Å². The zero-order valence-corrected chi connectivity index (χ0v) is 12.3.